The molecule has 2 aromatic carbocycles. The van der Waals surface area contributed by atoms with Crippen LogP contribution in [-0.4, -0.2) is 19.6 Å². The van der Waals surface area contributed by atoms with Gasteiger partial charge >= 0.3 is 6.18 Å². The molecule has 1 amide bonds. The molecule has 0 saturated heterocycles. The first kappa shape index (κ1) is 18.8. The van der Waals surface area contributed by atoms with Gasteiger partial charge in [-0.15, -0.1) is 0 Å². The van der Waals surface area contributed by atoms with Crippen LogP contribution in [0.5, 0.6) is 5.75 Å². The smallest absolute Gasteiger partial charge is 0.416 e. The van der Waals surface area contributed by atoms with Gasteiger partial charge in [0.05, 0.1) is 18.9 Å². The van der Waals surface area contributed by atoms with Crippen molar-refractivity contribution >= 4 is 16.9 Å². The van der Waals surface area contributed by atoms with Crippen LogP contribution in [-0.2, 0) is 17.4 Å². The summed E-state index contributed by atoms with van der Waals surface area (Å²) in [6.45, 7) is 1.90. The van der Waals surface area contributed by atoms with Crippen molar-refractivity contribution < 1.29 is 27.1 Å². The summed E-state index contributed by atoms with van der Waals surface area (Å²) in [7, 11) is 1.47. The second kappa shape index (κ2) is 7.34. The summed E-state index contributed by atoms with van der Waals surface area (Å²) in [5.41, 5.74) is 1.60. The molecule has 0 atom stereocenters. The number of benzene rings is 2. The summed E-state index contributed by atoms with van der Waals surface area (Å²) >= 11 is 0. The Morgan fingerprint density at radius 1 is 1.22 bits per heavy atom. The molecule has 0 fully saturated rings. The molecule has 1 heterocycles. The van der Waals surface area contributed by atoms with Crippen molar-refractivity contribution in [2.45, 2.75) is 19.5 Å². The number of hydrogen-bond donors (Lipinski definition) is 1. The third kappa shape index (κ3) is 4.07. The lowest BCUT2D eigenvalue weighted by molar-refractivity contribution is -0.137. The Kier molecular flexibility index (Phi) is 5.12. The molecule has 3 rings (SSSR count). The second-order valence-corrected chi connectivity index (χ2v) is 6.12. The minimum Gasteiger partial charge on any atom is -0.496 e. The minimum atomic E-state index is -4.42. The Bertz CT molecular complexity index is 976. The van der Waals surface area contributed by atoms with Gasteiger partial charge in [0.1, 0.15) is 11.3 Å². The molecule has 0 unspecified atom stereocenters. The summed E-state index contributed by atoms with van der Waals surface area (Å²) in [6.07, 6.45) is -2.27. The van der Waals surface area contributed by atoms with Gasteiger partial charge in [0, 0.05) is 30.0 Å². The predicted molar refractivity (Wildman–Crippen MR) is 95.6 cm³/mol. The number of methoxy groups -OCH3 is 1. The van der Waals surface area contributed by atoms with Crippen LogP contribution in [0.4, 0.5) is 13.2 Å². The van der Waals surface area contributed by atoms with E-state index < -0.39 is 11.7 Å². The number of furan rings is 1. The molecule has 3 aromatic rings. The molecule has 0 aliphatic carbocycles. The third-order valence-corrected chi connectivity index (χ3v) is 4.24. The fourth-order valence-electron chi connectivity index (χ4n) is 2.93. The van der Waals surface area contributed by atoms with E-state index in [2.05, 4.69) is 5.32 Å². The number of carbonyl (C=O) groups is 1. The van der Waals surface area contributed by atoms with Crippen LogP contribution in [0.15, 0.2) is 47.1 Å². The minimum absolute atomic E-state index is 0.118. The molecule has 1 N–H and O–H groups in total. The Labute approximate surface area is 153 Å². The van der Waals surface area contributed by atoms with Gasteiger partial charge in [0.2, 0.25) is 5.91 Å². The predicted octanol–water partition coefficient (Wildman–Crippen LogP) is 4.81. The van der Waals surface area contributed by atoms with E-state index in [1.165, 1.54) is 20.1 Å². The first-order chi connectivity index (χ1) is 12.8. The van der Waals surface area contributed by atoms with Gasteiger partial charge in [-0.05, 0) is 36.2 Å². The summed E-state index contributed by atoms with van der Waals surface area (Å²) in [5, 5.41) is 3.52. The lowest BCUT2D eigenvalue weighted by Gasteiger charge is -2.12. The van der Waals surface area contributed by atoms with Crippen LogP contribution in [0.1, 0.15) is 18.1 Å². The molecule has 4 nitrogen and oxygen atoms in total. The quantitative estimate of drug-likeness (QED) is 0.695. The van der Waals surface area contributed by atoms with E-state index in [1.54, 1.807) is 24.5 Å². The molecule has 142 valence electrons. The van der Waals surface area contributed by atoms with Crippen LogP contribution in [0, 0.1) is 0 Å². The lowest BCUT2D eigenvalue weighted by Crippen LogP contribution is -2.22. The van der Waals surface area contributed by atoms with Gasteiger partial charge in [0.15, 0.2) is 0 Å². The summed E-state index contributed by atoms with van der Waals surface area (Å²) in [5.74, 6) is 0.330. The van der Waals surface area contributed by atoms with Gasteiger partial charge < -0.3 is 14.5 Å². The number of amides is 1. The Morgan fingerprint density at radius 3 is 2.67 bits per heavy atom. The number of fused-ring (bicyclic) bond motifs is 1. The van der Waals surface area contributed by atoms with Gasteiger partial charge in [-0.1, -0.05) is 12.1 Å². The highest BCUT2D eigenvalue weighted by Crippen LogP contribution is 2.38. The summed E-state index contributed by atoms with van der Waals surface area (Å²) in [4.78, 5) is 11.0. The van der Waals surface area contributed by atoms with E-state index in [0.29, 0.717) is 35.4 Å². The monoisotopic (exact) mass is 377 g/mol. The van der Waals surface area contributed by atoms with Crippen LogP contribution < -0.4 is 10.1 Å². The van der Waals surface area contributed by atoms with Crippen LogP contribution in [0.25, 0.3) is 22.1 Å². The standard InChI is InChI=1S/C20H18F3NO3/c1-12(25)24-7-6-14-11-27-19-10-16(18(26-2)9-17(14)19)13-4-3-5-15(8-13)20(21,22)23/h3-5,8-11H,6-7H2,1-2H3,(H,24,25). The molecule has 0 spiro atoms. The highest BCUT2D eigenvalue weighted by Gasteiger charge is 2.30. The van der Waals surface area contributed by atoms with Crippen molar-refractivity contribution in [2.24, 2.45) is 0 Å². The number of halogens is 3. The van der Waals surface area contributed by atoms with Crippen LogP contribution in [0.2, 0.25) is 0 Å². The van der Waals surface area contributed by atoms with Gasteiger partial charge in [-0.3, -0.25) is 4.79 Å². The molecular formula is C20H18F3NO3. The van der Waals surface area contributed by atoms with E-state index in [1.807, 2.05) is 0 Å². The Hall–Kier alpha value is -2.96. The van der Waals surface area contributed by atoms with Gasteiger partial charge in [-0.2, -0.15) is 13.2 Å². The normalized spacial score (nSPS) is 11.6. The van der Waals surface area contributed by atoms with Crippen molar-refractivity contribution in [1.82, 2.24) is 5.32 Å². The SMILES string of the molecule is COc1cc2c(CCNC(C)=O)coc2cc1-c1cccc(C(F)(F)F)c1. The second-order valence-electron chi connectivity index (χ2n) is 6.12. The number of carbonyl (C=O) groups excluding carboxylic acids is 1. The number of hydrogen-bond acceptors (Lipinski definition) is 3. The lowest BCUT2D eigenvalue weighted by atomic mass is 9.99. The molecule has 0 saturated carbocycles. The van der Waals surface area contributed by atoms with E-state index in [4.69, 9.17) is 9.15 Å². The summed E-state index contributed by atoms with van der Waals surface area (Å²) < 4.78 is 50.0. The van der Waals surface area contributed by atoms with E-state index in [0.717, 1.165) is 23.1 Å². The average molecular weight is 377 g/mol. The van der Waals surface area contributed by atoms with Gasteiger partial charge in [-0.25, -0.2) is 0 Å². The van der Waals surface area contributed by atoms with Crippen molar-refractivity contribution in [3.8, 4) is 16.9 Å². The van der Waals surface area contributed by atoms with Crippen LogP contribution in [0.3, 0.4) is 0 Å². The first-order valence-electron chi connectivity index (χ1n) is 8.30. The fraction of sp³-hybridized carbons (Fsp3) is 0.250. The van der Waals surface area contributed by atoms with E-state index >= 15 is 0 Å². The number of ether oxygens (including phenoxy) is 1. The first-order valence-corrected chi connectivity index (χ1v) is 8.30. The summed E-state index contributed by atoms with van der Waals surface area (Å²) in [6, 6.07) is 8.50. The van der Waals surface area contributed by atoms with E-state index in [-0.39, 0.29) is 5.91 Å². The highest BCUT2D eigenvalue weighted by atomic mass is 19.4. The molecule has 27 heavy (non-hydrogen) atoms. The molecular weight excluding hydrogens is 359 g/mol. The fourth-order valence-corrected chi connectivity index (χ4v) is 2.93. The van der Waals surface area contributed by atoms with Crippen molar-refractivity contribution in [2.75, 3.05) is 13.7 Å². The average Bonchev–Trinajstić information content (AvgIpc) is 3.02. The molecule has 1 aromatic heterocycles. The number of nitrogens with one attached hydrogen (secondary N) is 1. The maximum atomic E-state index is 13.0. The number of rotatable bonds is 5. The molecule has 0 bridgehead atoms. The zero-order chi connectivity index (χ0) is 19.6. The largest absolute Gasteiger partial charge is 0.496 e. The van der Waals surface area contributed by atoms with E-state index in [9.17, 15) is 18.0 Å². The maximum absolute atomic E-state index is 13.0. The molecule has 0 aliphatic rings. The van der Waals surface area contributed by atoms with Crippen molar-refractivity contribution in [3.63, 3.8) is 0 Å². The zero-order valence-corrected chi connectivity index (χ0v) is 14.8. The molecule has 0 aliphatic heterocycles. The Morgan fingerprint density at radius 2 is 2.00 bits per heavy atom. The topological polar surface area (TPSA) is 51.5 Å². The van der Waals surface area contributed by atoms with Gasteiger partial charge in [0.25, 0.3) is 0 Å². The van der Waals surface area contributed by atoms with Crippen molar-refractivity contribution in [3.05, 3.63) is 53.8 Å². The highest BCUT2D eigenvalue weighted by molar-refractivity contribution is 5.89. The molecule has 7 heteroatoms. The Balaban J connectivity index is 2.01. The third-order valence-electron chi connectivity index (χ3n) is 4.24. The molecule has 0 radical (unpaired) electrons. The van der Waals surface area contributed by atoms with Crippen molar-refractivity contribution in [1.29, 1.82) is 0 Å². The number of alkyl halides is 3. The maximum Gasteiger partial charge on any atom is 0.416 e. The van der Waals surface area contributed by atoms with Crippen LogP contribution >= 0.6 is 0 Å². The zero-order valence-electron chi connectivity index (χ0n) is 14.8.